The smallest absolute Gasteiger partial charge is 0.159 e. The highest BCUT2D eigenvalue weighted by molar-refractivity contribution is 5.94. The molecule has 1 unspecified atom stereocenters. The molecule has 0 saturated carbocycles. The van der Waals surface area contributed by atoms with Gasteiger partial charge in [0.25, 0.3) is 0 Å². The van der Waals surface area contributed by atoms with Gasteiger partial charge in [-0.3, -0.25) is 4.79 Å². The topological polar surface area (TPSA) is 17.1 Å². The summed E-state index contributed by atoms with van der Waals surface area (Å²) in [6.45, 7) is 5.52. The fourth-order valence-electron chi connectivity index (χ4n) is 1.34. The summed E-state index contributed by atoms with van der Waals surface area (Å²) in [6.07, 6.45) is 0.945. The van der Waals surface area contributed by atoms with Gasteiger partial charge in [0.1, 0.15) is 5.82 Å². The second kappa shape index (κ2) is 4.36. The summed E-state index contributed by atoms with van der Waals surface area (Å²) in [5, 5.41) is 0. The first-order valence-electron chi connectivity index (χ1n) is 4.86. The third-order valence-corrected chi connectivity index (χ3v) is 2.51. The first-order chi connectivity index (χ1) is 6.54. The molecule has 0 N–H and O–H groups in total. The van der Waals surface area contributed by atoms with E-state index < -0.39 is 0 Å². The van der Waals surface area contributed by atoms with Gasteiger partial charge < -0.3 is 0 Å². The maximum absolute atomic E-state index is 13.1. The molecule has 0 heterocycles. The highest BCUT2D eigenvalue weighted by Gasteiger charge is 2.08. The number of carbonyl (C=O) groups excluding carboxylic acids is 1. The number of hydrogen-bond donors (Lipinski definition) is 0. The summed E-state index contributed by atoms with van der Waals surface area (Å²) in [5.74, 6) is -0.120. The van der Waals surface area contributed by atoms with Gasteiger partial charge in [0.15, 0.2) is 5.78 Å². The van der Waals surface area contributed by atoms with E-state index in [1.54, 1.807) is 6.07 Å². The van der Waals surface area contributed by atoms with Crippen LogP contribution in [0, 0.1) is 5.82 Å². The molecule has 0 bridgehead atoms. The Morgan fingerprint density at radius 2 is 2.07 bits per heavy atom. The summed E-state index contributed by atoms with van der Waals surface area (Å²) >= 11 is 0. The predicted octanol–water partition coefficient (Wildman–Crippen LogP) is 3.54. The van der Waals surface area contributed by atoms with Crippen LogP contribution in [0.15, 0.2) is 18.2 Å². The van der Waals surface area contributed by atoms with Gasteiger partial charge >= 0.3 is 0 Å². The molecule has 2 heteroatoms. The number of rotatable bonds is 3. The molecule has 14 heavy (non-hydrogen) atoms. The van der Waals surface area contributed by atoms with Crippen LogP contribution in [-0.4, -0.2) is 5.78 Å². The molecule has 0 aliphatic heterocycles. The minimum absolute atomic E-state index is 0.0888. The van der Waals surface area contributed by atoms with E-state index in [1.165, 1.54) is 19.1 Å². The maximum Gasteiger partial charge on any atom is 0.159 e. The fourth-order valence-corrected chi connectivity index (χ4v) is 1.34. The average molecular weight is 194 g/mol. The van der Waals surface area contributed by atoms with Gasteiger partial charge in [-0.05, 0) is 43.0 Å². The number of benzene rings is 1. The van der Waals surface area contributed by atoms with Crippen LogP contribution in [0.5, 0.6) is 0 Å². The summed E-state index contributed by atoms with van der Waals surface area (Å²) < 4.78 is 13.1. The van der Waals surface area contributed by atoms with E-state index in [1.807, 2.05) is 13.8 Å². The van der Waals surface area contributed by atoms with E-state index in [0.717, 1.165) is 12.0 Å². The van der Waals surface area contributed by atoms with Crippen LogP contribution in [0.2, 0.25) is 0 Å². The van der Waals surface area contributed by atoms with Gasteiger partial charge in [0, 0.05) is 5.56 Å². The van der Waals surface area contributed by atoms with Crippen molar-refractivity contribution in [2.24, 2.45) is 0 Å². The second-order valence-electron chi connectivity index (χ2n) is 3.64. The molecule has 0 saturated heterocycles. The van der Waals surface area contributed by atoms with Gasteiger partial charge in [-0.2, -0.15) is 0 Å². The number of halogens is 1. The minimum atomic E-state index is -0.326. The number of ketones is 1. The van der Waals surface area contributed by atoms with Crippen LogP contribution in [0.3, 0.4) is 0 Å². The van der Waals surface area contributed by atoms with Crippen LogP contribution in [0.1, 0.15) is 49.0 Å². The van der Waals surface area contributed by atoms with Crippen LogP contribution in [0.4, 0.5) is 4.39 Å². The Bertz CT molecular complexity index is 344. The molecule has 1 aromatic carbocycles. The Kier molecular flexibility index (Phi) is 3.39. The fraction of sp³-hybridized carbons (Fsp3) is 0.417. The second-order valence-corrected chi connectivity index (χ2v) is 3.64. The van der Waals surface area contributed by atoms with Crippen molar-refractivity contribution in [3.05, 3.63) is 35.1 Å². The zero-order valence-electron chi connectivity index (χ0n) is 8.80. The summed E-state index contributed by atoms with van der Waals surface area (Å²) in [4.78, 5) is 11.1. The number of hydrogen-bond acceptors (Lipinski definition) is 1. The van der Waals surface area contributed by atoms with E-state index >= 15 is 0 Å². The van der Waals surface area contributed by atoms with Crippen molar-refractivity contribution in [3.8, 4) is 0 Å². The summed E-state index contributed by atoms with van der Waals surface area (Å²) in [5.41, 5.74) is 1.36. The zero-order chi connectivity index (χ0) is 10.7. The van der Waals surface area contributed by atoms with Crippen LogP contribution in [-0.2, 0) is 0 Å². The quantitative estimate of drug-likeness (QED) is 0.672. The van der Waals surface area contributed by atoms with Gasteiger partial charge in [0.2, 0.25) is 0 Å². The molecule has 76 valence electrons. The molecule has 0 fully saturated rings. The molecule has 0 spiro atoms. The third-order valence-electron chi connectivity index (χ3n) is 2.51. The highest BCUT2D eigenvalue weighted by Crippen LogP contribution is 2.21. The van der Waals surface area contributed by atoms with Crippen molar-refractivity contribution in [2.75, 3.05) is 0 Å². The van der Waals surface area contributed by atoms with Gasteiger partial charge in [-0.1, -0.05) is 13.8 Å². The first-order valence-corrected chi connectivity index (χ1v) is 4.86. The summed E-state index contributed by atoms with van der Waals surface area (Å²) in [6, 6.07) is 4.56. The molecular weight excluding hydrogens is 179 g/mol. The lowest BCUT2D eigenvalue weighted by atomic mass is 9.96. The maximum atomic E-state index is 13.1. The Hall–Kier alpha value is -1.18. The molecule has 0 amide bonds. The van der Waals surface area contributed by atoms with Crippen LogP contribution < -0.4 is 0 Å². The highest BCUT2D eigenvalue weighted by atomic mass is 19.1. The van der Waals surface area contributed by atoms with Crippen molar-refractivity contribution >= 4 is 5.78 Å². The van der Waals surface area contributed by atoms with Crippen LogP contribution >= 0.6 is 0 Å². The zero-order valence-corrected chi connectivity index (χ0v) is 8.80. The number of carbonyl (C=O) groups is 1. The molecule has 0 aliphatic rings. The predicted molar refractivity (Wildman–Crippen MR) is 55.1 cm³/mol. The van der Waals surface area contributed by atoms with Crippen molar-refractivity contribution in [1.29, 1.82) is 0 Å². The van der Waals surface area contributed by atoms with E-state index in [-0.39, 0.29) is 11.6 Å². The molecule has 1 atom stereocenters. The Morgan fingerprint density at radius 3 is 2.57 bits per heavy atom. The largest absolute Gasteiger partial charge is 0.295 e. The molecule has 0 radical (unpaired) electrons. The average Bonchev–Trinajstić information content (AvgIpc) is 2.15. The van der Waals surface area contributed by atoms with Crippen molar-refractivity contribution in [2.45, 2.75) is 33.1 Å². The SMILES string of the molecule is CCC(C)c1cc(F)cc(C(C)=O)c1. The number of Topliss-reactive ketones (excluding diaryl/α,β-unsaturated/α-hetero) is 1. The Balaban J connectivity index is 3.13. The van der Waals surface area contributed by atoms with Gasteiger partial charge in [-0.15, -0.1) is 0 Å². The Labute approximate surface area is 83.9 Å². The van der Waals surface area contributed by atoms with Crippen molar-refractivity contribution < 1.29 is 9.18 Å². The Morgan fingerprint density at radius 1 is 1.43 bits per heavy atom. The molecule has 1 rings (SSSR count). The van der Waals surface area contributed by atoms with Crippen molar-refractivity contribution in [1.82, 2.24) is 0 Å². The molecule has 1 nitrogen and oxygen atoms in total. The third kappa shape index (κ3) is 2.41. The molecule has 1 aromatic rings. The summed E-state index contributed by atoms with van der Waals surface area (Å²) in [7, 11) is 0. The van der Waals surface area contributed by atoms with Crippen molar-refractivity contribution in [3.63, 3.8) is 0 Å². The van der Waals surface area contributed by atoms with E-state index in [4.69, 9.17) is 0 Å². The lowest BCUT2D eigenvalue weighted by Crippen LogP contribution is -1.98. The lowest BCUT2D eigenvalue weighted by molar-refractivity contribution is 0.101. The standard InChI is InChI=1S/C12H15FO/c1-4-8(2)10-5-11(9(3)14)7-12(13)6-10/h5-8H,4H2,1-3H3. The van der Waals surface area contributed by atoms with Gasteiger partial charge in [-0.25, -0.2) is 4.39 Å². The monoisotopic (exact) mass is 194 g/mol. The minimum Gasteiger partial charge on any atom is -0.295 e. The lowest BCUT2D eigenvalue weighted by Gasteiger charge is -2.10. The first kappa shape index (κ1) is 10.9. The molecule has 0 aliphatic carbocycles. The van der Waals surface area contributed by atoms with E-state index in [0.29, 0.717) is 11.5 Å². The van der Waals surface area contributed by atoms with Gasteiger partial charge in [0.05, 0.1) is 0 Å². The van der Waals surface area contributed by atoms with E-state index in [2.05, 4.69) is 0 Å². The normalized spacial score (nSPS) is 12.6. The van der Waals surface area contributed by atoms with Crippen LogP contribution in [0.25, 0.3) is 0 Å². The molecular formula is C12H15FO. The molecule has 0 aromatic heterocycles. The van der Waals surface area contributed by atoms with E-state index in [9.17, 15) is 9.18 Å².